The Morgan fingerprint density at radius 3 is 2.68 bits per heavy atom. The molecule has 0 radical (unpaired) electrons. The van der Waals surface area contributed by atoms with Crippen LogP contribution in [0.3, 0.4) is 0 Å². The zero-order valence-electron chi connectivity index (χ0n) is 16.0. The van der Waals surface area contributed by atoms with E-state index in [1.54, 1.807) is 0 Å². The molecule has 5 nitrogen and oxygen atoms in total. The molecule has 0 spiro atoms. The molecule has 0 saturated carbocycles. The summed E-state index contributed by atoms with van der Waals surface area (Å²) in [5.74, 6) is 1.70. The Balaban J connectivity index is 1.62. The molecule has 0 amide bonds. The average molecular weight is 344 g/mol. The molecule has 2 aliphatic rings. The minimum absolute atomic E-state index is 0.514. The first-order valence-corrected chi connectivity index (χ1v) is 9.64. The van der Waals surface area contributed by atoms with Crippen LogP contribution in [0.1, 0.15) is 24.8 Å². The highest BCUT2D eigenvalue weighted by atomic mass is 15.3. The van der Waals surface area contributed by atoms with Gasteiger partial charge in [-0.3, -0.25) is 9.89 Å². The summed E-state index contributed by atoms with van der Waals surface area (Å²) in [5, 5.41) is 3.51. The Labute approximate surface area is 152 Å². The number of nitrogens with zero attached hydrogens (tertiary/aromatic N) is 4. The van der Waals surface area contributed by atoms with E-state index in [0.29, 0.717) is 12.0 Å². The van der Waals surface area contributed by atoms with Crippen LogP contribution in [0.15, 0.2) is 35.3 Å². The lowest BCUT2D eigenvalue weighted by Gasteiger charge is -2.37. The first kappa shape index (κ1) is 18.2. The van der Waals surface area contributed by atoms with Crippen molar-refractivity contribution in [2.24, 2.45) is 4.99 Å². The van der Waals surface area contributed by atoms with Gasteiger partial charge in [-0.1, -0.05) is 30.3 Å². The van der Waals surface area contributed by atoms with E-state index < -0.39 is 0 Å². The lowest BCUT2D eigenvalue weighted by molar-refractivity contribution is 0.119. The van der Waals surface area contributed by atoms with Gasteiger partial charge in [0.2, 0.25) is 0 Å². The van der Waals surface area contributed by atoms with Crippen molar-refractivity contribution in [1.82, 2.24) is 20.0 Å². The summed E-state index contributed by atoms with van der Waals surface area (Å²) in [7, 11) is 4.43. The third-order valence-corrected chi connectivity index (χ3v) is 5.53. The molecule has 1 aromatic carbocycles. The van der Waals surface area contributed by atoms with E-state index in [-0.39, 0.29) is 0 Å². The van der Waals surface area contributed by atoms with Crippen molar-refractivity contribution in [3.8, 4) is 0 Å². The van der Waals surface area contributed by atoms with Crippen LogP contribution in [0.5, 0.6) is 0 Å². The van der Waals surface area contributed by atoms with E-state index in [4.69, 9.17) is 4.99 Å². The molecule has 1 N–H and O–H groups in total. The predicted molar refractivity (Wildman–Crippen MR) is 105 cm³/mol. The van der Waals surface area contributed by atoms with E-state index in [0.717, 1.165) is 51.8 Å². The largest absolute Gasteiger partial charge is 0.357 e. The van der Waals surface area contributed by atoms with Crippen molar-refractivity contribution in [3.05, 3.63) is 35.9 Å². The molecule has 138 valence electrons. The molecule has 5 heteroatoms. The number of nitrogens with one attached hydrogen (secondary N) is 1. The molecule has 0 aliphatic carbocycles. The van der Waals surface area contributed by atoms with Gasteiger partial charge in [0.15, 0.2) is 5.96 Å². The highest BCUT2D eigenvalue weighted by molar-refractivity contribution is 5.80. The summed E-state index contributed by atoms with van der Waals surface area (Å²) in [6.07, 6.45) is 1.21. The fourth-order valence-electron chi connectivity index (χ4n) is 3.87. The Hall–Kier alpha value is -1.59. The van der Waals surface area contributed by atoms with Gasteiger partial charge in [-0.2, -0.15) is 0 Å². The van der Waals surface area contributed by atoms with Crippen molar-refractivity contribution < 1.29 is 0 Å². The molecule has 25 heavy (non-hydrogen) atoms. The maximum Gasteiger partial charge on any atom is 0.193 e. The van der Waals surface area contributed by atoms with Gasteiger partial charge in [0, 0.05) is 51.2 Å². The third-order valence-electron chi connectivity index (χ3n) is 5.53. The molecule has 2 atom stereocenters. The summed E-state index contributed by atoms with van der Waals surface area (Å²) in [4.78, 5) is 12.3. The fourth-order valence-corrected chi connectivity index (χ4v) is 3.87. The quantitative estimate of drug-likeness (QED) is 0.666. The second kappa shape index (κ2) is 8.68. The average Bonchev–Trinajstić information content (AvgIpc) is 3.12. The summed E-state index contributed by atoms with van der Waals surface area (Å²) in [6.45, 7) is 9.49. The highest BCUT2D eigenvalue weighted by Gasteiger charge is 2.27. The standard InChI is InChI=1S/C20H33N5/c1-4-21-20(22-14-19-16-23(2)12-13-24(19)3)25-11-10-18(15-25)17-8-6-5-7-9-17/h5-9,18-19H,4,10-16H2,1-3H3,(H,21,22). The molecule has 2 heterocycles. The molecular formula is C20H33N5. The molecule has 2 fully saturated rings. The van der Waals surface area contributed by atoms with Crippen molar-refractivity contribution in [3.63, 3.8) is 0 Å². The van der Waals surface area contributed by atoms with Crippen LogP contribution in [-0.4, -0.2) is 86.6 Å². The summed E-state index contributed by atoms with van der Waals surface area (Å²) in [6, 6.07) is 11.4. The van der Waals surface area contributed by atoms with Gasteiger partial charge in [0.25, 0.3) is 0 Å². The van der Waals surface area contributed by atoms with Gasteiger partial charge in [-0.25, -0.2) is 0 Å². The van der Waals surface area contributed by atoms with E-state index in [1.807, 2.05) is 0 Å². The Kier molecular flexibility index (Phi) is 6.32. The number of guanidine groups is 1. The van der Waals surface area contributed by atoms with E-state index in [2.05, 4.69) is 71.4 Å². The topological polar surface area (TPSA) is 34.1 Å². The minimum atomic E-state index is 0.514. The second-order valence-corrected chi connectivity index (χ2v) is 7.43. The lowest BCUT2D eigenvalue weighted by atomic mass is 9.99. The number of piperazine rings is 1. The normalized spacial score (nSPS) is 26.2. The molecule has 3 rings (SSSR count). The van der Waals surface area contributed by atoms with Gasteiger partial charge in [0.1, 0.15) is 0 Å². The Morgan fingerprint density at radius 2 is 1.92 bits per heavy atom. The van der Waals surface area contributed by atoms with Crippen LogP contribution in [0.2, 0.25) is 0 Å². The number of benzene rings is 1. The van der Waals surface area contributed by atoms with E-state index in [1.165, 1.54) is 12.0 Å². The van der Waals surface area contributed by atoms with E-state index in [9.17, 15) is 0 Å². The SMILES string of the molecule is CCNC(=NCC1CN(C)CCN1C)N1CCC(c2ccccc2)C1. The maximum atomic E-state index is 5.00. The maximum absolute atomic E-state index is 5.00. The molecule has 2 saturated heterocycles. The first-order valence-electron chi connectivity index (χ1n) is 9.64. The van der Waals surface area contributed by atoms with Gasteiger partial charge < -0.3 is 15.1 Å². The number of likely N-dealkylation sites (N-methyl/N-ethyl adjacent to an activating group) is 2. The van der Waals surface area contributed by atoms with Crippen LogP contribution >= 0.6 is 0 Å². The van der Waals surface area contributed by atoms with Crippen LogP contribution in [0.25, 0.3) is 0 Å². The summed E-state index contributed by atoms with van der Waals surface area (Å²) < 4.78 is 0. The van der Waals surface area contributed by atoms with Crippen LogP contribution in [-0.2, 0) is 0 Å². The fraction of sp³-hybridized carbons (Fsp3) is 0.650. The molecule has 1 aromatic rings. The third kappa shape index (κ3) is 4.73. The number of hydrogen-bond donors (Lipinski definition) is 1. The van der Waals surface area contributed by atoms with Crippen LogP contribution < -0.4 is 5.32 Å². The van der Waals surface area contributed by atoms with Crippen molar-refractivity contribution in [1.29, 1.82) is 0 Å². The van der Waals surface area contributed by atoms with Gasteiger partial charge in [0.05, 0.1) is 6.54 Å². The number of likely N-dealkylation sites (tertiary alicyclic amines) is 1. The zero-order chi connectivity index (χ0) is 17.6. The lowest BCUT2D eigenvalue weighted by Crippen LogP contribution is -2.51. The smallest absolute Gasteiger partial charge is 0.193 e. The number of aliphatic imine (C=N–C) groups is 1. The van der Waals surface area contributed by atoms with Crippen LogP contribution in [0.4, 0.5) is 0 Å². The number of hydrogen-bond acceptors (Lipinski definition) is 3. The zero-order valence-corrected chi connectivity index (χ0v) is 16.0. The molecule has 2 aliphatic heterocycles. The Morgan fingerprint density at radius 1 is 1.12 bits per heavy atom. The highest BCUT2D eigenvalue weighted by Crippen LogP contribution is 2.26. The molecular weight excluding hydrogens is 310 g/mol. The van der Waals surface area contributed by atoms with Crippen molar-refractivity contribution in [2.45, 2.75) is 25.3 Å². The van der Waals surface area contributed by atoms with E-state index >= 15 is 0 Å². The first-order chi connectivity index (χ1) is 12.2. The van der Waals surface area contributed by atoms with Gasteiger partial charge in [-0.15, -0.1) is 0 Å². The van der Waals surface area contributed by atoms with Crippen LogP contribution in [0, 0.1) is 0 Å². The van der Waals surface area contributed by atoms with Gasteiger partial charge >= 0.3 is 0 Å². The second-order valence-electron chi connectivity index (χ2n) is 7.43. The molecule has 2 unspecified atom stereocenters. The number of rotatable bonds is 4. The summed E-state index contributed by atoms with van der Waals surface area (Å²) >= 11 is 0. The van der Waals surface area contributed by atoms with Gasteiger partial charge in [-0.05, 0) is 33.0 Å². The predicted octanol–water partition coefficient (Wildman–Crippen LogP) is 1.69. The van der Waals surface area contributed by atoms with Crippen molar-refractivity contribution in [2.75, 3.05) is 59.9 Å². The molecule has 0 aromatic heterocycles. The minimum Gasteiger partial charge on any atom is -0.357 e. The monoisotopic (exact) mass is 343 g/mol. The molecule has 0 bridgehead atoms. The Bertz CT molecular complexity index is 558. The van der Waals surface area contributed by atoms with Crippen molar-refractivity contribution >= 4 is 5.96 Å². The summed E-state index contributed by atoms with van der Waals surface area (Å²) in [5.41, 5.74) is 1.45.